The Balaban J connectivity index is 0.00000560. The highest BCUT2D eigenvalue weighted by atomic mass is 35.5. The Bertz CT molecular complexity index is 1150. The van der Waals surface area contributed by atoms with Gasteiger partial charge in [-0.2, -0.15) is 26.3 Å². The zero-order valence-corrected chi connectivity index (χ0v) is 23.5. The van der Waals surface area contributed by atoms with Crippen molar-refractivity contribution in [3.05, 3.63) is 70.0 Å². The number of aliphatic hydroxyl groups is 1. The molecule has 1 amide bonds. The smallest absolute Gasteiger partial charge is 0.390 e. The molecule has 1 saturated heterocycles. The van der Waals surface area contributed by atoms with E-state index in [0.29, 0.717) is 50.2 Å². The van der Waals surface area contributed by atoms with Crippen molar-refractivity contribution in [1.82, 2.24) is 9.80 Å². The van der Waals surface area contributed by atoms with Crippen molar-refractivity contribution in [2.24, 2.45) is 5.92 Å². The van der Waals surface area contributed by atoms with E-state index in [-0.39, 0.29) is 30.0 Å². The minimum Gasteiger partial charge on any atom is -0.390 e. The standard InChI is InChI=1S/C28H33F7N2O2.ClH/c1-17-11-21(29)5-6-22(17)24-16-37(10-8-26(2,3)39)9-7-23(24)25(38)36(4)15-18-12-19(27(30,31)32)14-20(13-18)28(33,34)35;/h5-6,11-14,23-24,39H,7-10,15-16H2,1-4H3;1H. The maximum absolute atomic E-state index is 13.8. The Kier molecular flexibility index (Phi) is 10.7. The van der Waals surface area contributed by atoms with Crippen molar-refractivity contribution in [2.45, 2.75) is 64.0 Å². The Morgan fingerprint density at radius 3 is 2.10 bits per heavy atom. The zero-order valence-electron chi connectivity index (χ0n) is 22.7. The van der Waals surface area contributed by atoms with Gasteiger partial charge >= 0.3 is 12.4 Å². The zero-order chi connectivity index (χ0) is 29.3. The monoisotopic (exact) mass is 598 g/mol. The molecular weight excluding hydrogens is 565 g/mol. The highest BCUT2D eigenvalue weighted by molar-refractivity contribution is 5.85. The van der Waals surface area contributed by atoms with Crippen LogP contribution < -0.4 is 0 Å². The molecule has 0 saturated carbocycles. The van der Waals surface area contributed by atoms with E-state index in [1.54, 1.807) is 26.8 Å². The van der Waals surface area contributed by atoms with Gasteiger partial charge in [0.15, 0.2) is 0 Å². The quantitative estimate of drug-likeness (QED) is 0.356. The Morgan fingerprint density at radius 2 is 1.60 bits per heavy atom. The van der Waals surface area contributed by atoms with E-state index >= 15 is 0 Å². The highest BCUT2D eigenvalue weighted by Gasteiger charge is 2.39. The number of carbonyl (C=O) groups is 1. The third-order valence-corrected chi connectivity index (χ3v) is 7.13. The van der Waals surface area contributed by atoms with Gasteiger partial charge in [-0.05, 0) is 87.2 Å². The van der Waals surface area contributed by atoms with E-state index in [1.165, 1.54) is 19.2 Å². The lowest BCUT2D eigenvalue weighted by Gasteiger charge is -2.40. The first-order chi connectivity index (χ1) is 17.8. The third-order valence-electron chi connectivity index (χ3n) is 7.13. The molecule has 2 aromatic rings. The molecular formula is C28H34ClF7N2O2. The topological polar surface area (TPSA) is 43.8 Å². The first-order valence-corrected chi connectivity index (χ1v) is 12.6. The SMILES string of the molecule is Cc1cc(F)ccc1C1CN(CCC(C)(C)O)CCC1C(=O)N(C)Cc1cc(C(F)(F)F)cc(C(F)(F)F)c1.Cl. The lowest BCUT2D eigenvalue weighted by Crippen LogP contribution is -2.46. The van der Waals surface area contributed by atoms with Crippen LogP contribution in [0.1, 0.15) is 60.4 Å². The Morgan fingerprint density at radius 1 is 1.02 bits per heavy atom. The van der Waals surface area contributed by atoms with Gasteiger partial charge in [0.05, 0.1) is 16.7 Å². The minimum absolute atomic E-state index is 0. The maximum Gasteiger partial charge on any atom is 0.416 e. The van der Waals surface area contributed by atoms with Crippen molar-refractivity contribution in [1.29, 1.82) is 0 Å². The van der Waals surface area contributed by atoms with Gasteiger partial charge in [0.2, 0.25) is 5.91 Å². The molecule has 3 rings (SSSR count). The molecule has 1 aliphatic heterocycles. The second-order valence-corrected chi connectivity index (χ2v) is 11.0. The molecule has 0 spiro atoms. The number of hydrogen-bond donors (Lipinski definition) is 1. The number of nitrogens with zero attached hydrogens (tertiary/aromatic N) is 2. The van der Waals surface area contributed by atoms with E-state index in [0.717, 1.165) is 10.5 Å². The van der Waals surface area contributed by atoms with Crippen molar-refractivity contribution in [3.8, 4) is 0 Å². The van der Waals surface area contributed by atoms with Crippen LogP contribution in [0.5, 0.6) is 0 Å². The summed E-state index contributed by atoms with van der Waals surface area (Å²) in [5.74, 6) is -1.86. The number of likely N-dealkylation sites (tertiary alicyclic amines) is 1. The molecule has 40 heavy (non-hydrogen) atoms. The Hall–Kier alpha value is -2.37. The molecule has 0 aromatic heterocycles. The summed E-state index contributed by atoms with van der Waals surface area (Å²) >= 11 is 0. The van der Waals surface area contributed by atoms with Gasteiger partial charge < -0.3 is 14.9 Å². The number of aryl methyl sites for hydroxylation is 1. The van der Waals surface area contributed by atoms with Gasteiger partial charge in [-0.25, -0.2) is 4.39 Å². The van der Waals surface area contributed by atoms with Crippen LogP contribution in [0.4, 0.5) is 30.7 Å². The van der Waals surface area contributed by atoms with Gasteiger partial charge in [0, 0.05) is 38.5 Å². The van der Waals surface area contributed by atoms with Crippen LogP contribution in [0, 0.1) is 18.7 Å². The normalized spacial score (nSPS) is 18.8. The average molecular weight is 599 g/mol. The lowest BCUT2D eigenvalue weighted by molar-refractivity contribution is -0.143. The fraction of sp³-hybridized carbons (Fsp3) is 0.536. The second-order valence-electron chi connectivity index (χ2n) is 11.0. The number of alkyl halides is 6. The molecule has 0 bridgehead atoms. The molecule has 224 valence electrons. The third kappa shape index (κ3) is 8.81. The molecule has 1 heterocycles. The van der Waals surface area contributed by atoms with Crippen LogP contribution in [0.15, 0.2) is 36.4 Å². The summed E-state index contributed by atoms with van der Waals surface area (Å²) in [5, 5.41) is 10.1. The number of carbonyl (C=O) groups excluding carboxylic acids is 1. The minimum atomic E-state index is -4.99. The second kappa shape index (κ2) is 12.7. The van der Waals surface area contributed by atoms with Crippen LogP contribution in [0.3, 0.4) is 0 Å². The molecule has 2 atom stereocenters. The summed E-state index contributed by atoms with van der Waals surface area (Å²) < 4.78 is 93.7. The van der Waals surface area contributed by atoms with Gasteiger partial charge in [0.25, 0.3) is 0 Å². The molecule has 1 N–H and O–H groups in total. The number of amides is 1. The van der Waals surface area contributed by atoms with Crippen LogP contribution in [0.2, 0.25) is 0 Å². The molecule has 2 unspecified atom stereocenters. The van der Waals surface area contributed by atoms with Crippen LogP contribution in [-0.2, 0) is 23.7 Å². The largest absolute Gasteiger partial charge is 0.416 e. The van der Waals surface area contributed by atoms with Crippen molar-refractivity contribution in [3.63, 3.8) is 0 Å². The lowest BCUT2D eigenvalue weighted by atomic mass is 9.78. The number of rotatable bonds is 7. The maximum atomic E-state index is 13.8. The molecule has 1 fully saturated rings. The van der Waals surface area contributed by atoms with E-state index in [1.807, 2.05) is 0 Å². The summed E-state index contributed by atoms with van der Waals surface area (Å²) in [7, 11) is 1.35. The van der Waals surface area contributed by atoms with E-state index < -0.39 is 53.3 Å². The summed E-state index contributed by atoms with van der Waals surface area (Å²) in [6.07, 6.45) is -9.11. The van der Waals surface area contributed by atoms with Crippen LogP contribution >= 0.6 is 12.4 Å². The first-order valence-electron chi connectivity index (χ1n) is 12.6. The molecule has 0 aliphatic carbocycles. The van der Waals surface area contributed by atoms with Crippen molar-refractivity contribution in [2.75, 3.05) is 26.7 Å². The van der Waals surface area contributed by atoms with Gasteiger partial charge in [-0.15, -0.1) is 12.4 Å². The fourth-order valence-electron chi connectivity index (χ4n) is 5.07. The predicted octanol–water partition coefficient (Wildman–Crippen LogP) is 6.82. The molecule has 4 nitrogen and oxygen atoms in total. The molecule has 1 aliphatic rings. The molecule has 0 radical (unpaired) electrons. The highest BCUT2D eigenvalue weighted by Crippen LogP contribution is 2.38. The van der Waals surface area contributed by atoms with Crippen molar-refractivity contribution >= 4 is 18.3 Å². The number of piperidine rings is 1. The summed E-state index contributed by atoms with van der Waals surface area (Å²) in [4.78, 5) is 16.8. The van der Waals surface area contributed by atoms with Gasteiger partial charge in [-0.1, -0.05) is 6.07 Å². The van der Waals surface area contributed by atoms with Gasteiger partial charge in [-0.3, -0.25) is 4.79 Å². The predicted molar refractivity (Wildman–Crippen MR) is 140 cm³/mol. The number of hydrogen-bond acceptors (Lipinski definition) is 3. The number of benzene rings is 2. The Labute approximate surface area is 235 Å². The molecule has 2 aromatic carbocycles. The van der Waals surface area contributed by atoms with Crippen LogP contribution in [-0.4, -0.2) is 53.1 Å². The fourth-order valence-corrected chi connectivity index (χ4v) is 5.07. The van der Waals surface area contributed by atoms with Crippen LogP contribution in [0.25, 0.3) is 0 Å². The summed E-state index contributed by atoms with van der Waals surface area (Å²) in [6.45, 7) is 6.16. The van der Waals surface area contributed by atoms with E-state index in [9.17, 15) is 40.6 Å². The average Bonchev–Trinajstić information content (AvgIpc) is 2.80. The van der Waals surface area contributed by atoms with Crippen molar-refractivity contribution < 1.29 is 40.6 Å². The van der Waals surface area contributed by atoms with E-state index in [2.05, 4.69) is 4.90 Å². The molecule has 12 heteroatoms. The number of halogens is 8. The first kappa shape index (κ1) is 33.8. The van der Waals surface area contributed by atoms with E-state index in [4.69, 9.17) is 0 Å². The van der Waals surface area contributed by atoms with Gasteiger partial charge in [0.1, 0.15) is 5.82 Å². The summed E-state index contributed by atoms with van der Waals surface area (Å²) in [6, 6.07) is 5.57. The summed E-state index contributed by atoms with van der Waals surface area (Å²) in [5.41, 5.74) is -2.67.